The first kappa shape index (κ1) is 10.8. The number of fused-ring (bicyclic) bond motifs is 3. The van der Waals surface area contributed by atoms with E-state index in [1.54, 1.807) is 27.9 Å². The molecule has 94 valence electrons. The summed E-state index contributed by atoms with van der Waals surface area (Å²) in [6.45, 7) is 0. The molecule has 4 aromatic heterocycles. The molecule has 0 atom stereocenters. The summed E-state index contributed by atoms with van der Waals surface area (Å²) in [6, 6.07) is 0. The van der Waals surface area contributed by atoms with Gasteiger partial charge in [-0.25, -0.2) is 14.5 Å². The minimum Gasteiger partial charge on any atom is -0.273 e. The maximum atomic E-state index is 4.54. The molecule has 0 saturated heterocycles. The summed E-state index contributed by atoms with van der Waals surface area (Å²) < 4.78 is 4.34. The van der Waals surface area contributed by atoms with E-state index in [4.69, 9.17) is 0 Å². The Morgan fingerprint density at radius 3 is 2.95 bits per heavy atom. The van der Waals surface area contributed by atoms with E-state index in [0.29, 0.717) is 5.82 Å². The van der Waals surface area contributed by atoms with Crippen LogP contribution >= 0.6 is 22.6 Å². The van der Waals surface area contributed by atoms with Crippen molar-refractivity contribution >= 4 is 39.3 Å². The summed E-state index contributed by atoms with van der Waals surface area (Å²) >= 11 is 2.19. The third kappa shape index (κ3) is 1.47. The minimum absolute atomic E-state index is 0.597. The van der Waals surface area contributed by atoms with E-state index in [1.165, 1.54) is 0 Å². The lowest BCUT2D eigenvalue weighted by atomic mass is 10.4. The van der Waals surface area contributed by atoms with Gasteiger partial charge in [-0.1, -0.05) is 0 Å². The largest absolute Gasteiger partial charge is 0.273 e. The molecule has 0 spiro atoms. The smallest absolute Gasteiger partial charge is 0.201 e. The number of nitrogens with one attached hydrogen (secondary N) is 1. The highest BCUT2D eigenvalue weighted by Crippen LogP contribution is 2.22. The Balaban J connectivity index is 2.06. The summed E-state index contributed by atoms with van der Waals surface area (Å²) in [5.41, 5.74) is 2.32. The fourth-order valence-corrected chi connectivity index (χ4v) is 2.47. The van der Waals surface area contributed by atoms with Gasteiger partial charge in [-0.2, -0.15) is 10.2 Å². The normalized spacial score (nSPS) is 11.7. The van der Waals surface area contributed by atoms with E-state index >= 15 is 0 Å². The Morgan fingerprint density at radius 1 is 1.26 bits per heavy atom. The molecule has 0 radical (unpaired) electrons. The number of rotatable bonds is 1. The lowest BCUT2D eigenvalue weighted by Crippen LogP contribution is -1.94. The van der Waals surface area contributed by atoms with Crippen molar-refractivity contribution in [2.45, 2.75) is 0 Å². The Labute approximate surface area is 120 Å². The van der Waals surface area contributed by atoms with Crippen LogP contribution in [0.25, 0.3) is 28.2 Å². The van der Waals surface area contributed by atoms with Crippen molar-refractivity contribution in [1.82, 2.24) is 39.6 Å². The van der Waals surface area contributed by atoms with Crippen LogP contribution in [0.4, 0.5) is 0 Å². The van der Waals surface area contributed by atoms with Crippen molar-refractivity contribution in [1.29, 1.82) is 0 Å². The van der Waals surface area contributed by atoms with Crippen LogP contribution in [0.2, 0.25) is 0 Å². The number of halogens is 1. The molecule has 0 unspecified atom stereocenters. The monoisotopic (exact) mass is 366 g/mol. The first-order chi connectivity index (χ1) is 9.24. The molecule has 1 N–H and O–H groups in total. The van der Waals surface area contributed by atoms with Gasteiger partial charge in [-0.05, 0) is 22.6 Å². The molecule has 4 rings (SSSR count). The predicted molar refractivity (Wildman–Crippen MR) is 75.4 cm³/mol. The van der Waals surface area contributed by atoms with Gasteiger partial charge >= 0.3 is 0 Å². The molecule has 0 aliphatic rings. The van der Waals surface area contributed by atoms with Crippen molar-refractivity contribution in [3.8, 4) is 11.5 Å². The molecule has 0 aliphatic heterocycles. The van der Waals surface area contributed by atoms with Crippen LogP contribution in [0, 0.1) is 3.57 Å². The maximum absolute atomic E-state index is 4.54. The topological polar surface area (TPSA) is 89.6 Å². The van der Waals surface area contributed by atoms with Crippen LogP contribution in [0.3, 0.4) is 0 Å². The lowest BCUT2D eigenvalue weighted by Gasteiger charge is -1.93. The highest BCUT2D eigenvalue weighted by atomic mass is 127. The van der Waals surface area contributed by atoms with Gasteiger partial charge in [0.2, 0.25) is 5.82 Å². The van der Waals surface area contributed by atoms with Crippen LogP contribution in [0.5, 0.6) is 0 Å². The molecule has 0 aromatic carbocycles. The van der Waals surface area contributed by atoms with E-state index in [0.717, 1.165) is 25.9 Å². The molecule has 0 bridgehead atoms. The zero-order chi connectivity index (χ0) is 13.0. The van der Waals surface area contributed by atoms with E-state index in [-0.39, 0.29) is 0 Å². The molecular weight excluding hydrogens is 359 g/mol. The molecule has 9 heteroatoms. The minimum atomic E-state index is 0.597. The zero-order valence-corrected chi connectivity index (χ0v) is 11.9. The molecule has 8 nitrogen and oxygen atoms in total. The molecule has 0 amide bonds. The average Bonchev–Trinajstić information content (AvgIpc) is 3.07. The number of aromatic amines is 1. The number of hydrogen-bond donors (Lipinski definition) is 1. The second kappa shape index (κ2) is 3.73. The molecular formula is C10H7IN8. The second-order valence-corrected chi connectivity index (χ2v) is 5.21. The van der Waals surface area contributed by atoms with Gasteiger partial charge in [0, 0.05) is 7.05 Å². The highest BCUT2D eigenvalue weighted by molar-refractivity contribution is 14.1. The fourth-order valence-electron chi connectivity index (χ4n) is 1.97. The van der Waals surface area contributed by atoms with Gasteiger partial charge in [0.05, 0.1) is 21.4 Å². The third-order valence-electron chi connectivity index (χ3n) is 2.89. The number of H-pyrrole nitrogens is 1. The summed E-state index contributed by atoms with van der Waals surface area (Å²) in [7, 11) is 1.85. The van der Waals surface area contributed by atoms with Crippen molar-refractivity contribution in [3.05, 3.63) is 22.3 Å². The Kier molecular flexibility index (Phi) is 2.13. The van der Waals surface area contributed by atoms with E-state index < -0.39 is 0 Å². The zero-order valence-electron chi connectivity index (χ0n) is 9.74. The molecule has 4 heterocycles. The van der Waals surface area contributed by atoms with Gasteiger partial charge in [0.15, 0.2) is 11.3 Å². The number of hydrogen-bond acceptors (Lipinski definition) is 5. The van der Waals surface area contributed by atoms with Crippen LogP contribution in [-0.2, 0) is 7.05 Å². The molecule has 0 saturated carbocycles. The molecule has 19 heavy (non-hydrogen) atoms. The second-order valence-electron chi connectivity index (χ2n) is 4.05. The van der Waals surface area contributed by atoms with E-state index in [2.05, 4.69) is 53.0 Å². The van der Waals surface area contributed by atoms with Gasteiger partial charge < -0.3 is 0 Å². The summed E-state index contributed by atoms with van der Waals surface area (Å²) in [6.07, 6.45) is 5.12. The van der Waals surface area contributed by atoms with Crippen LogP contribution in [-0.4, -0.2) is 39.6 Å². The SMILES string of the molecule is Cn1ncc2c1ncn1nc(-c3[nH]ncc3I)nc21. The predicted octanol–water partition coefficient (Wildman–Crippen LogP) is 1.01. The van der Waals surface area contributed by atoms with Crippen molar-refractivity contribution < 1.29 is 0 Å². The van der Waals surface area contributed by atoms with E-state index in [9.17, 15) is 0 Å². The first-order valence-electron chi connectivity index (χ1n) is 5.46. The van der Waals surface area contributed by atoms with Crippen molar-refractivity contribution in [2.75, 3.05) is 0 Å². The number of aryl methyl sites for hydroxylation is 1. The van der Waals surface area contributed by atoms with Gasteiger partial charge in [0.1, 0.15) is 12.0 Å². The summed E-state index contributed by atoms with van der Waals surface area (Å²) in [4.78, 5) is 8.86. The van der Waals surface area contributed by atoms with Crippen LogP contribution < -0.4 is 0 Å². The molecule has 0 aliphatic carbocycles. The first-order valence-corrected chi connectivity index (χ1v) is 6.54. The Morgan fingerprint density at radius 2 is 2.16 bits per heavy atom. The Hall–Kier alpha value is -2.04. The summed E-state index contributed by atoms with van der Waals surface area (Å²) in [5, 5.41) is 16.3. The maximum Gasteiger partial charge on any atom is 0.201 e. The third-order valence-corrected chi connectivity index (χ3v) is 3.70. The average molecular weight is 366 g/mol. The lowest BCUT2D eigenvalue weighted by molar-refractivity contribution is 0.783. The van der Waals surface area contributed by atoms with Gasteiger partial charge in [-0.3, -0.25) is 9.78 Å². The van der Waals surface area contributed by atoms with E-state index in [1.807, 2.05) is 7.05 Å². The quantitative estimate of drug-likeness (QED) is 0.508. The number of aromatic nitrogens is 8. The van der Waals surface area contributed by atoms with Crippen LogP contribution in [0.1, 0.15) is 0 Å². The Bertz CT molecular complexity index is 901. The molecule has 4 aromatic rings. The van der Waals surface area contributed by atoms with Gasteiger partial charge in [0.25, 0.3) is 0 Å². The van der Waals surface area contributed by atoms with Crippen LogP contribution in [0.15, 0.2) is 18.7 Å². The summed E-state index contributed by atoms with van der Waals surface area (Å²) in [5.74, 6) is 0.597. The fraction of sp³-hybridized carbons (Fsp3) is 0.100. The standard InChI is InChI=1S/C10H7IN8/c1-18-9-5(2-14-18)10-15-8(17-19(10)4-12-9)7-6(11)3-13-16-7/h2-4H,1H3,(H,13,16). The van der Waals surface area contributed by atoms with Gasteiger partial charge in [-0.15, -0.1) is 5.10 Å². The van der Waals surface area contributed by atoms with Crippen molar-refractivity contribution in [2.24, 2.45) is 7.05 Å². The molecule has 0 fully saturated rings. The highest BCUT2D eigenvalue weighted by Gasteiger charge is 2.15. The number of nitrogens with zero attached hydrogens (tertiary/aromatic N) is 7. The van der Waals surface area contributed by atoms with Crippen molar-refractivity contribution in [3.63, 3.8) is 0 Å².